The van der Waals surface area contributed by atoms with E-state index in [4.69, 9.17) is 5.11 Å². The van der Waals surface area contributed by atoms with E-state index in [-0.39, 0.29) is 23.3 Å². The van der Waals surface area contributed by atoms with Crippen molar-refractivity contribution in [2.45, 2.75) is 45.1 Å². The van der Waals surface area contributed by atoms with Crippen molar-refractivity contribution in [1.82, 2.24) is 5.32 Å². The Morgan fingerprint density at radius 2 is 1.69 bits per heavy atom. The molecule has 3 N–H and O–H groups in total. The molecule has 152 valence electrons. The molecule has 6 heteroatoms. The van der Waals surface area contributed by atoms with E-state index in [0.29, 0.717) is 19.4 Å². The van der Waals surface area contributed by atoms with Gasteiger partial charge >= 0.3 is 5.97 Å². The van der Waals surface area contributed by atoms with E-state index >= 15 is 0 Å². The molecule has 2 amide bonds. The SMILES string of the molecule is O=C(CCc1ccc(C(=O)O)cc1)NCc1cccc(NC(=O)C2CCCC2)c1. The van der Waals surface area contributed by atoms with Crippen LogP contribution in [0.5, 0.6) is 0 Å². The number of aromatic carboxylic acids is 1. The minimum absolute atomic E-state index is 0.0762. The fourth-order valence-corrected chi connectivity index (χ4v) is 3.55. The molecular weight excluding hydrogens is 368 g/mol. The van der Waals surface area contributed by atoms with Crippen LogP contribution in [0, 0.1) is 5.92 Å². The summed E-state index contributed by atoms with van der Waals surface area (Å²) in [7, 11) is 0. The number of amides is 2. The van der Waals surface area contributed by atoms with E-state index in [1.807, 2.05) is 24.3 Å². The fourth-order valence-electron chi connectivity index (χ4n) is 3.55. The van der Waals surface area contributed by atoms with Crippen molar-refractivity contribution >= 4 is 23.5 Å². The number of carboxylic acids is 1. The molecule has 3 rings (SSSR count). The zero-order chi connectivity index (χ0) is 20.6. The van der Waals surface area contributed by atoms with Crippen LogP contribution >= 0.6 is 0 Å². The lowest BCUT2D eigenvalue weighted by Crippen LogP contribution is -2.23. The maximum atomic E-state index is 12.3. The molecule has 2 aromatic carbocycles. The lowest BCUT2D eigenvalue weighted by molar-refractivity contribution is -0.121. The van der Waals surface area contributed by atoms with Gasteiger partial charge in [0.05, 0.1) is 5.56 Å². The van der Waals surface area contributed by atoms with Crippen LogP contribution in [-0.4, -0.2) is 22.9 Å². The van der Waals surface area contributed by atoms with Crippen molar-refractivity contribution in [1.29, 1.82) is 0 Å². The van der Waals surface area contributed by atoms with E-state index in [1.54, 1.807) is 24.3 Å². The molecule has 1 aliphatic rings. The molecule has 2 aromatic rings. The third kappa shape index (κ3) is 6.17. The number of anilines is 1. The summed E-state index contributed by atoms with van der Waals surface area (Å²) in [6.45, 7) is 0.393. The van der Waals surface area contributed by atoms with Gasteiger partial charge < -0.3 is 15.7 Å². The van der Waals surface area contributed by atoms with Gasteiger partial charge in [-0.2, -0.15) is 0 Å². The monoisotopic (exact) mass is 394 g/mol. The van der Waals surface area contributed by atoms with Crippen LogP contribution in [0.1, 0.15) is 53.6 Å². The molecule has 0 heterocycles. The van der Waals surface area contributed by atoms with Gasteiger partial charge in [-0.05, 0) is 54.7 Å². The van der Waals surface area contributed by atoms with E-state index in [9.17, 15) is 14.4 Å². The van der Waals surface area contributed by atoms with Gasteiger partial charge in [-0.15, -0.1) is 0 Å². The predicted octanol–water partition coefficient (Wildman–Crippen LogP) is 3.76. The maximum Gasteiger partial charge on any atom is 0.335 e. The topological polar surface area (TPSA) is 95.5 Å². The van der Waals surface area contributed by atoms with E-state index in [0.717, 1.165) is 42.5 Å². The average molecular weight is 394 g/mol. The molecule has 0 aliphatic heterocycles. The fraction of sp³-hybridized carbons (Fsp3) is 0.348. The molecule has 0 aromatic heterocycles. The normalized spacial score (nSPS) is 13.8. The Morgan fingerprint density at radius 1 is 0.966 bits per heavy atom. The van der Waals surface area contributed by atoms with E-state index in [1.165, 1.54) is 0 Å². The molecule has 6 nitrogen and oxygen atoms in total. The van der Waals surface area contributed by atoms with Gasteiger partial charge in [0.1, 0.15) is 0 Å². The van der Waals surface area contributed by atoms with Gasteiger partial charge in [-0.25, -0.2) is 4.79 Å². The number of carbonyl (C=O) groups is 3. The Morgan fingerprint density at radius 3 is 2.38 bits per heavy atom. The van der Waals surface area contributed by atoms with Gasteiger partial charge in [-0.3, -0.25) is 9.59 Å². The van der Waals surface area contributed by atoms with Gasteiger partial charge in [0.25, 0.3) is 0 Å². The highest BCUT2D eigenvalue weighted by Gasteiger charge is 2.22. The summed E-state index contributed by atoms with van der Waals surface area (Å²) in [6.07, 6.45) is 5.02. The highest BCUT2D eigenvalue weighted by Crippen LogP contribution is 2.26. The van der Waals surface area contributed by atoms with Crippen LogP contribution in [0.2, 0.25) is 0 Å². The summed E-state index contributed by atoms with van der Waals surface area (Å²) in [5, 5.41) is 14.8. The van der Waals surface area contributed by atoms with E-state index < -0.39 is 5.97 Å². The summed E-state index contributed by atoms with van der Waals surface area (Å²) in [5.41, 5.74) is 2.83. The highest BCUT2D eigenvalue weighted by molar-refractivity contribution is 5.92. The molecule has 0 radical (unpaired) electrons. The number of rotatable bonds is 8. The van der Waals surface area contributed by atoms with Crippen molar-refractivity contribution < 1.29 is 19.5 Å². The predicted molar refractivity (Wildman–Crippen MR) is 111 cm³/mol. The van der Waals surface area contributed by atoms with Gasteiger partial charge in [0.15, 0.2) is 0 Å². The summed E-state index contributed by atoms with van der Waals surface area (Å²) < 4.78 is 0. The van der Waals surface area contributed by atoms with Crippen LogP contribution < -0.4 is 10.6 Å². The van der Waals surface area contributed by atoms with Gasteiger partial charge in [-0.1, -0.05) is 37.1 Å². The molecule has 1 aliphatic carbocycles. The Balaban J connectivity index is 1.44. The van der Waals surface area contributed by atoms with Crippen molar-refractivity contribution in [2.24, 2.45) is 5.92 Å². The van der Waals surface area contributed by atoms with Crippen LogP contribution in [0.25, 0.3) is 0 Å². The number of aryl methyl sites for hydroxylation is 1. The Kier molecular flexibility index (Phi) is 7.00. The first kappa shape index (κ1) is 20.6. The Labute approximate surface area is 170 Å². The third-order valence-corrected chi connectivity index (χ3v) is 5.25. The second-order valence-electron chi connectivity index (χ2n) is 7.45. The standard InChI is InChI=1S/C23H26N2O4/c26-21(13-10-16-8-11-19(12-9-16)23(28)29)24-15-17-4-3-7-20(14-17)25-22(27)18-5-1-2-6-18/h3-4,7-9,11-12,14,18H,1-2,5-6,10,13,15H2,(H,24,26)(H,25,27)(H,28,29). The zero-order valence-corrected chi connectivity index (χ0v) is 16.3. The Bertz CT molecular complexity index is 871. The minimum atomic E-state index is -0.962. The number of hydrogen-bond acceptors (Lipinski definition) is 3. The maximum absolute atomic E-state index is 12.3. The van der Waals surface area contributed by atoms with E-state index in [2.05, 4.69) is 10.6 Å². The van der Waals surface area contributed by atoms with Gasteiger partial charge in [0.2, 0.25) is 11.8 Å². The quantitative estimate of drug-likeness (QED) is 0.635. The summed E-state index contributed by atoms with van der Waals surface area (Å²) in [4.78, 5) is 35.2. The molecule has 0 bridgehead atoms. The largest absolute Gasteiger partial charge is 0.478 e. The molecule has 0 spiro atoms. The molecular formula is C23H26N2O4. The smallest absolute Gasteiger partial charge is 0.335 e. The number of carboxylic acid groups (broad SMARTS) is 1. The number of benzene rings is 2. The van der Waals surface area contributed by atoms with Crippen LogP contribution in [0.4, 0.5) is 5.69 Å². The second kappa shape index (κ2) is 9.87. The lowest BCUT2D eigenvalue weighted by atomic mass is 10.1. The van der Waals surface area contributed by atoms with Crippen LogP contribution in [0.3, 0.4) is 0 Å². The average Bonchev–Trinajstić information content (AvgIpc) is 3.26. The van der Waals surface area contributed by atoms with Crippen molar-refractivity contribution in [3.05, 3.63) is 65.2 Å². The van der Waals surface area contributed by atoms with Crippen molar-refractivity contribution in [3.63, 3.8) is 0 Å². The minimum Gasteiger partial charge on any atom is -0.478 e. The molecule has 0 atom stereocenters. The van der Waals surface area contributed by atoms with Crippen molar-refractivity contribution in [3.8, 4) is 0 Å². The zero-order valence-electron chi connectivity index (χ0n) is 16.3. The molecule has 1 fully saturated rings. The van der Waals surface area contributed by atoms with Crippen LogP contribution in [-0.2, 0) is 22.6 Å². The third-order valence-electron chi connectivity index (χ3n) is 5.25. The van der Waals surface area contributed by atoms with Gasteiger partial charge in [0, 0.05) is 24.6 Å². The summed E-state index contributed by atoms with van der Waals surface area (Å²) in [5.74, 6) is -0.843. The summed E-state index contributed by atoms with van der Waals surface area (Å²) in [6, 6.07) is 14.1. The van der Waals surface area contributed by atoms with Crippen molar-refractivity contribution in [2.75, 3.05) is 5.32 Å². The Hall–Kier alpha value is -3.15. The van der Waals surface area contributed by atoms with Crippen LogP contribution in [0.15, 0.2) is 48.5 Å². The molecule has 29 heavy (non-hydrogen) atoms. The lowest BCUT2D eigenvalue weighted by Gasteiger charge is -2.12. The molecule has 0 saturated heterocycles. The highest BCUT2D eigenvalue weighted by atomic mass is 16.4. The second-order valence-corrected chi connectivity index (χ2v) is 7.45. The molecule has 1 saturated carbocycles. The first-order valence-corrected chi connectivity index (χ1v) is 10.00. The summed E-state index contributed by atoms with van der Waals surface area (Å²) >= 11 is 0. The number of carbonyl (C=O) groups excluding carboxylic acids is 2. The number of hydrogen-bond donors (Lipinski definition) is 3. The molecule has 0 unspecified atom stereocenters. The first-order chi connectivity index (χ1) is 14.0. The number of nitrogens with one attached hydrogen (secondary N) is 2. The first-order valence-electron chi connectivity index (χ1n) is 10.00.